The molecule has 1 saturated carbocycles. The average Bonchev–Trinajstić information content (AvgIpc) is 2.75. The van der Waals surface area contributed by atoms with Crippen molar-refractivity contribution in [1.29, 1.82) is 0 Å². The molecule has 0 aliphatic heterocycles. The molecule has 0 heterocycles. The highest BCUT2D eigenvalue weighted by Gasteiger charge is 2.32. The summed E-state index contributed by atoms with van der Waals surface area (Å²) in [6.07, 6.45) is 16.7. The molecule has 2 rings (SSSR count). The van der Waals surface area contributed by atoms with Gasteiger partial charge >= 0.3 is 0 Å². The Labute approximate surface area is 176 Å². The number of benzene rings is 1. The molecule has 0 radical (unpaired) electrons. The third-order valence-electron chi connectivity index (χ3n) is 6.18. The van der Waals surface area contributed by atoms with E-state index in [4.69, 9.17) is 4.74 Å². The van der Waals surface area contributed by atoms with E-state index < -0.39 is 0 Å². The standard InChI is InChI=1S/C25H44NOP/c1-4-7-19-25(20-8-5-2,27-21-9-6-3)22-15-17-23(18-16-22)26-28-24-13-11-10-12-14-24/h15-18,24,26,28H,4-14,19-21H2,1-3H3. The van der Waals surface area contributed by atoms with E-state index >= 15 is 0 Å². The maximum absolute atomic E-state index is 6.64. The summed E-state index contributed by atoms with van der Waals surface area (Å²) in [5.74, 6) is 0. The lowest BCUT2D eigenvalue weighted by Crippen LogP contribution is -2.30. The number of hydrogen-bond donors (Lipinski definition) is 1. The maximum Gasteiger partial charge on any atom is 0.0931 e. The monoisotopic (exact) mass is 405 g/mol. The summed E-state index contributed by atoms with van der Waals surface area (Å²) < 4.78 is 6.64. The van der Waals surface area contributed by atoms with Crippen molar-refractivity contribution in [3.63, 3.8) is 0 Å². The van der Waals surface area contributed by atoms with E-state index in [1.54, 1.807) is 0 Å². The van der Waals surface area contributed by atoms with Crippen molar-refractivity contribution in [3.05, 3.63) is 29.8 Å². The van der Waals surface area contributed by atoms with Gasteiger partial charge in [0.2, 0.25) is 0 Å². The Bertz CT molecular complexity index is 502. The fourth-order valence-corrected chi connectivity index (χ4v) is 5.50. The van der Waals surface area contributed by atoms with Gasteiger partial charge in [-0.2, -0.15) is 0 Å². The second kappa shape index (κ2) is 13.6. The lowest BCUT2D eigenvalue weighted by Gasteiger charge is -2.35. The Morgan fingerprint density at radius 1 is 0.893 bits per heavy atom. The minimum atomic E-state index is -0.0919. The van der Waals surface area contributed by atoms with Crippen LogP contribution >= 0.6 is 8.73 Å². The van der Waals surface area contributed by atoms with Crippen LogP contribution in [0.5, 0.6) is 0 Å². The van der Waals surface area contributed by atoms with Gasteiger partial charge in [0.25, 0.3) is 0 Å². The summed E-state index contributed by atoms with van der Waals surface area (Å²) in [6, 6.07) is 9.26. The second-order valence-electron chi connectivity index (χ2n) is 8.59. The molecule has 0 spiro atoms. The van der Waals surface area contributed by atoms with E-state index in [0.717, 1.165) is 40.3 Å². The number of rotatable bonds is 14. The predicted octanol–water partition coefficient (Wildman–Crippen LogP) is 8.42. The molecule has 1 atom stereocenters. The molecule has 1 N–H and O–H groups in total. The van der Waals surface area contributed by atoms with Gasteiger partial charge in [-0.25, -0.2) is 0 Å². The summed E-state index contributed by atoms with van der Waals surface area (Å²) in [7, 11) is 0.862. The van der Waals surface area contributed by atoms with Crippen LogP contribution in [-0.2, 0) is 10.3 Å². The fraction of sp³-hybridized carbons (Fsp3) is 0.760. The van der Waals surface area contributed by atoms with Crippen LogP contribution in [0.25, 0.3) is 0 Å². The van der Waals surface area contributed by atoms with Gasteiger partial charge in [0.1, 0.15) is 0 Å². The van der Waals surface area contributed by atoms with E-state index in [0.29, 0.717) is 0 Å². The largest absolute Gasteiger partial charge is 0.370 e. The van der Waals surface area contributed by atoms with Crippen LogP contribution < -0.4 is 5.09 Å². The Morgan fingerprint density at radius 2 is 1.50 bits per heavy atom. The fourth-order valence-electron chi connectivity index (χ4n) is 4.27. The van der Waals surface area contributed by atoms with E-state index in [2.05, 4.69) is 50.1 Å². The SMILES string of the molecule is CCCCOC(CCCC)(CCCC)c1ccc(NPC2CCCCC2)cc1. The highest BCUT2D eigenvalue weighted by Crippen LogP contribution is 2.38. The zero-order valence-corrected chi connectivity index (χ0v) is 19.7. The molecule has 1 aliphatic rings. The zero-order valence-electron chi connectivity index (χ0n) is 18.7. The third-order valence-corrected chi connectivity index (χ3v) is 7.60. The van der Waals surface area contributed by atoms with E-state index in [1.807, 2.05) is 0 Å². The number of ether oxygens (including phenoxy) is 1. The molecule has 1 aromatic rings. The predicted molar refractivity (Wildman–Crippen MR) is 127 cm³/mol. The first-order chi connectivity index (χ1) is 13.7. The highest BCUT2D eigenvalue weighted by molar-refractivity contribution is 7.40. The van der Waals surface area contributed by atoms with Crippen molar-refractivity contribution < 1.29 is 4.74 Å². The van der Waals surface area contributed by atoms with Gasteiger partial charge in [0, 0.05) is 12.3 Å². The topological polar surface area (TPSA) is 21.3 Å². The summed E-state index contributed by atoms with van der Waals surface area (Å²) in [6.45, 7) is 7.70. The molecule has 28 heavy (non-hydrogen) atoms. The van der Waals surface area contributed by atoms with Crippen molar-refractivity contribution in [2.24, 2.45) is 0 Å². The van der Waals surface area contributed by atoms with Crippen molar-refractivity contribution in [2.75, 3.05) is 11.7 Å². The number of anilines is 1. The highest BCUT2D eigenvalue weighted by atomic mass is 31.1. The van der Waals surface area contributed by atoms with Gasteiger partial charge in [0.05, 0.1) is 5.60 Å². The van der Waals surface area contributed by atoms with Gasteiger partial charge in [0.15, 0.2) is 0 Å². The molecule has 3 heteroatoms. The van der Waals surface area contributed by atoms with Crippen LogP contribution in [0.2, 0.25) is 0 Å². The molecule has 0 aromatic heterocycles. The van der Waals surface area contributed by atoms with E-state index in [9.17, 15) is 0 Å². The molecule has 2 nitrogen and oxygen atoms in total. The van der Waals surface area contributed by atoms with Crippen molar-refractivity contribution >= 4 is 14.4 Å². The number of unbranched alkanes of at least 4 members (excludes halogenated alkanes) is 3. The molecule has 0 saturated heterocycles. The molecule has 1 fully saturated rings. The van der Waals surface area contributed by atoms with Crippen LogP contribution in [-0.4, -0.2) is 12.3 Å². The van der Waals surface area contributed by atoms with Gasteiger partial charge in [-0.3, -0.25) is 0 Å². The molecule has 1 unspecified atom stereocenters. The first-order valence-corrected chi connectivity index (χ1v) is 13.1. The van der Waals surface area contributed by atoms with Crippen molar-refractivity contribution in [3.8, 4) is 0 Å². The lowest BCUT2D eigenvalue weighted by molar-refractivity contribution is -0.0672. The molecule has 0 bridgehead atoms. The van der Waals surface area contributed by atoms with Gasteiger partial charge in [-0.1, -0.05) is 84.3 Å². The van der Waals surface area contributed by atoms with Crippen LogP contribution in [0.3, 0.4) is 0 Å². The van der Waals surface area contributed by atoms with Gasteiger partial charge in [-0.05, 0) is 64.2 Å². The van der Waals surface area contributed by atoms with Gasteiger partial charge < -0.3 is 9.82 Å². The summed E-state index contributed by atoms with van der Waals surface area (Å²) >= 11 is 0. The third kappa shape index (κ3) is 7.68. The lowest BCUT2D eigenvalue weighted by atomic mass is 9.83. The van der Waals surface area contributed by atoms with Gasteiger partial charge in [-0.15, -0.1) is 0 Å². The van der Waals surface area contributed by atoms with Crippen molar-refractivity contribution in [1.82, 2.24) is 0 Å². The smallest absolute Gasteiger partial charge is 0.0931 e. The summed E-state index contributed by atoms with van der Waals surface area (Å²) in [4.78, 5) is 0. The number of hydrogen-bond acceptors (Lipinski definition) is 2. The van der Waals surface area contributed by atoms with E-state index in [1.165, 1.54) is 75.5 Å². The van der Waals surface area contributed by atoms with Crippen LogP contribution in [0.1, 0.15) is 110 Å². The Hall–Kier alpha value is -0.590. The first-order valence-electron chi connectivity index (χ1n) is 12.0. The Kier molecular flexibility index (Phi) is 11.5. The zero-order chi connectivity index (χ0) is 20.1. The van der Waals surface area contributed by atoms with Crippen LogP contribution in [0.15, 0.2) is 24.3 Å². The van der Waals surface area contributed by atoms with E-state index in [-0.39, 0.29) is 5.60 Å². The molecule has 0 amide bonds. The Morgan fingerprint density at radius 3 is 2.07 bits per heavy atom. The molecular weight excluding hydrogens is 361 g/mol. The van der Waals surface area contributed by atoms with Crippen LogP contribution in [0, 0.1) is 0 Å². The normalized spacial score (nSPS) is 16.1. The second-order valence-corrected chi connectivity index (χ2v) is 9.94. The quantitative estimate of drug-likeness (QED) is 0.248. The average molecular weight is 406 g/mol. The summed E-state index contributed by atoms with van der Waals surface area (Å²) in [5, 5.41) is 3.72. The number of nitrogens with one attached hydrogen (secondary N) is 1. The Balaban J connectivity index is 2.06. The minimum Gasteiger partial charge on any atom is -0.370 e. The van der Waals surface area contributed by atoms with Crippen molar-refractivity contribution in [2.45, 2.75) is 116 Å². The molecular formula is C25H44NOP. The maximum atomic E-state index is 6.64. The molecule has 1 aromatic carbocycles. The molecule has 160 valence electrons. The first kappa shape index (κ1) is 23.7. The summed E-state index contributed by atoms with van der Waals surface area (Å²) in [5.41, 5.74) is 3.46. The van der Waals surface area contributed by atoms with Crippen LogP contribution in [0.4, 0.5) is 5.69 Å². The molecule has 1 aliphatic carbocycles. The minimum absolute atomic E-state index is 0.0919.